The highest BCUT2D eigenvalue weighted by molar-refractivity contribution is 5.96. The average Bonchev–Trinajstić information content (AvgIpc) is 2.68. The topological polar surface area (TPSA) is 57.8 Å². The molecular formula is C14H25N3O. The van der Waals surface area contributed by atoms with Crippen LogP contribution in [0.2, 0.25) is 0 Å². The van der Waals surface area contributed by atoms with Crippen molar-refractivity contribution >= 4 is 5.91 Å². The fraction of sp³-hybridized carbons (Fsp3) is 0.714. The van der Waals surface area contributed by atoms with E-state index in [-0.39, 0.29) is 5.91 Å². The van der Waals surface area contributed by atoms with E-state index in [0.29, 0.717) is 5.56 Å². The molecular weight excluding hydrogens is 226 g/mol. The smallest absolute Gasteiger partial charge is 0.255 e. The molecule has 1 aromatic rings. The summed E-state index contributed by atoms with van der Waals surface area (Å²) in [6, 6.07) is 0. The molecule has 0 aliphatic carbocycles. The molecule has 1 amide bonds. The van der Waals surface area contributed by atoms with E-state index in [4.69, 9.17) is 0 Å². The van der Waals surface area contributed by atoms with Crippen LogP contribution in [0, 0.1) is 13.8 Å². The normalized spacial score (nSPS) is 10.6. The Balaban J connectivity index is 2.18. The lowest BCUT2D eigenvalue weighted by Crippen LogP contribution is -2.25. The van der Waals surface area contributed by atoms with Crippen LogP contribution in [0.25, 0.3) is 0 Å². The number of hydrogen-bond donors (Lipinski definition) is 2. The highest BCUT2D eigenvalue weighted by atomic mass is 16.1. The lowest BCUT2D eigenvalue weighted by molar-refractivity contribution is 0.0952. The van der Waals surface area contributed by atoms with Crippen molar-refractivity contribution in [1.82, 2.24) is 15.5 Å². The number of amides is 1. The quantitative estimate of drug-likeness (QED) is 0.697. The summed E-state index contributed by atoms with van der Waals surface area (Å²) in [7, 11) is 0. The van der Waals surface area contributed by atoms with Gasteiger partial charge in [-0.2, -0.15) is 5.10 Å². The summed E-state index contributed by atoms with van der Waals surface area (Å²) in [4.78, 5) is 11.9. The zero-order valence-corrected chi connectivity index (χ0v) is 11.8. The van der Waals surface area contributed by atoms with Crippen LogP contribution >= 0.6 is 0 Å². The van der Waals surface area contributed by atoms with Gasteiger partial charge in [0.15, 0.2) is 0 Å². The number of aryl methyl sites for hydroxylation is 2. The second kappa shape index (κ2) is 7.90. The van der Waals surface area contributed by atoms with E-state index in [0.717, 1.165) is 24.4 Å². The van der Waals surface area contributed by atoms with Gasteiger partial charge < -0.3 is 5.32 Å². The maximum absolute atomic E-state index is 11.9. The maximum atomic E-state index is 11.9. The molecule has 0 saturated heterocycles. The summed E-state index contributed by atoms with van der Waals surface area (Å²) >= 11 is 0. The minimum Gasteiger partial charge on any atom is -0.352 e. The van der Waals surface area contributed by atoms with Gasteiger partial charge in [-0.3, -0.25) is 9.89 Å². The molecule has 0 atom stereocenters. The van der Waals surface area contributed by atoms with Crippen molar-refractivity contribution in [3.63, 3.8) is 0 Å². The van der Waals surface area contributed by atoms with Gasteiger partial charge in [-0.1, -0.05) is 39.0 Å². The fourth-order valence-electron chi connectivity index (χ4n) is 2.08. The lowest BCUT2D eigenvalue weighted by Gasteiger charge is -2.05. The van der Waals surface area contributed by atoms with Gasteiger partial charge in [-0.25, -0.2) is 0 Å². The molecule has 18 heavy (non-hydrogen) atoms. The molecule has 0 aromatic carbocycles. The molecule has 4 heteroatoms. The molecule has 0 radical (unpaired) electrons. The number of unbranched alkanes of at least 4 members (excludes halogenated alkanes) is 5. The van der Waals surface area contributed by atoms with Gasteiger partial charge in [-0.05, 0) is 20.3 Å². The molecule has 2 N–H and O–H groups in total. The van der Waals surface area contributed by atoms with E-state index >= 15 is 0 Å². The molecule has 4 nitrogen and oxygen atoms in total. The summed E-state index contributed by atoms with van der Waals surface area (Å²) < 4.78 is 0. The first kappa shape index (κ1) is 14.7. The average molecular weight is 251 g/mol. The first-order valence-corrected chi connectivity index (χ1v) is 6.96. The Morgan fingerprint density at radius 3 is 2.44 bits per heavy atom. The molecule has 0 spiro atoms. The zero-order valence-electron chi connectivity index (χ0n) is 11.8. The lowest BCUT2D eigenvalue weighted by atomic mass is 10.1. The van der Waals surface area contributed by atoms with Gasteiger partial charge >= 0.3 is 0 Å². The van der Waals surface area contributed by atoms with Crippen molar-refractivity contribution in [2.75, 3.05) is 6.54 Å². The number of hydrogen-bond acceptors (Lipinski definition) is 2. The number of carbonyl (C=O) groups excluding carboxylic acids is 1. The number of aromatic nitrogens is 2. The fourth-order valence-corrected chi connectivity index (χ4v) is 2.08. The predicted octanol–water partition coefficient (Wildman–Crippen LogP) is 3.12. The van der Waals surface area contributed by atoms with Crippen LogP contribution in [-0.4, -0.2) is 22.6 Å². The van der Waals surface area contributed by atoms with E-state index in [2.05, 4.69) is 22.4 Å². The Labute approximate surface area is 110 Å². The van der Waals surface area contributed by atoms with Crippen molar-refractivity contribution in [3.05, 3.63) is 17.0 Å². The number of nitrogens with one attached hydrogen (secondary N) is 2. The van der Waals surface area contributed by atoms with Crippen molar-refractivity contribution in [1.29, 1.82) is 0 Å². The van der Waals surface area contributed by atoms with Crippen LogP contribution < -0.4 is 5.32 Å². The Kier molecular flexibility index (Phi) is 6.47. The molecule has 0 aliphatic heterocycles. The van der Waals surface area contributed by atoms with E-state index in [1.807, 2.05) is 13.8 Å². The van der Waals surface area contributed by atoms with Crippen molar-refractivity contribution in [2.24, 2.45) is 0 Å². The third kappa shape index (κ3) is 4.51. The highest BCUT2D eigenvalue weighted by Crippen LogP contribution is 2.09. The van der Waals surface area contributed by atoms with Crippen molar-refractivity contribution in [3.8, 4) is 0 Å². The van der Waals surface area contributed by atoms with Gasteiger partial charge in [0.05, 0.1) is 11.3 Å². The summed E-state index contributed by atoms with van der Waals surface area (Å²) in [6.07, 6.45) is 7.43. The third-order valence-electron chi connectivity index (χ3n) is 3.17. The maximum Gasteiger partial charge on any atom is 0.255 e. The van der Waals surface area contributed by atoms with Crippen LogP contribution in [0.1, 0.15) is 67.2 Å². The van der Waals surface area contributed by atoms with E-state index < -0.39 is 0 Å². The molecule has 0 aliphatic rings. The molecule has 1 aromatic heterocycles. The standard InChI is InChI=1S/C14H25N3O/c1-4-5-6-7-8-9-10-15-14(18)13-11(2)16-17-12(13)3/h4-10H2,1-3H3,(H,15,18)(H,16,17). The van der Waals surface area contributed by atoms with Crippen molar-refractivity contribution < 1.29 is 4.79 Å². The Bertz CT molecular complexity index is 352. The van der Waals surface area contributed by atoms with E-state index in [1.165, 1.54) is 32.1 Å². The van der Waals surface area contributed by atoms with Gasteiger partial charge in [-0.15, -0.1) is 0 Å². The molecule has 0 saturated carbocycles. The first-order chi connectivity index (χ1) is 8.66. The highest BCUT2D eigenvalue weighted by Gasteiger charge is 2.14. The summed E-state index contributed by atoms with van der Waals surface area (Å²) in [5.74, 6) is -0.00712. The van der Waals surface area contributed by atoms with Gasteiger partial charge in [0, 0.05) is 12.2 Å². The van der Waals surface area contributed by atoms with Crippen LogP contribution in [0.3, 0.4) is 0 Å². The molecule has 0 unspecified atom stereocenters. The predicted molar refractivity (Wildman–Crippen MR) is 73.8 cm³/mol. The largest absolute Gasteiger partial charge is 0.352 e. The minimum absolute atomic E-state index is 0.00712. The second-order valence-corrected chi connectivity index (χ2v) is 4.83. The number of carbonyl (C=O) groups is 1. The number of aromatic amines is 1. The SMILES string of the molecule is CCCCCCCCNC(=O)c1c(C)n[nH]c1C. The summed E-state index contributed by atoms with van der Waals surface area (Å²) in [6.45, 7) is 6.70. The molecule has 1 rings (SSSR count). The Morgan fingerprint density at radius 2 is 1.83 bits per heavy atom. The zero-order chi connectivity index (χ0) is 13.4. The summed E-state index contributed by atoms with van der Waals surface area (Å²) in [5, 5.41) is 9.82. The van der Waals surface area contributed by atoms with Gasteiger partial charge in [0.1, 0.15) is 0 Å². The summed E-state index contributed by atoms with van der Waals surface area (Å²) in [5.41, 5.74) is 2.31. The number of nitrogens with zero attached hydrogens (tertiary/aromatic N) is 1. The van der Waals surface area contributed by atoms with Crippen LogP contribution in [0.4, 0.5) is 0 Å². The molecule has 102 valence electrons. The minimum atomic E-state index is -0.00712. The molecule has 0 bridgehead atoms. The van der Waals surface area contributed by atoms with Gasteiger partial charge in [0.25, 0.3) is 5.91 Å². The van der Waals surface area contributed by atoms with Crippen LogP contribution in [-0.2, 0) is 0 Å². The number of rotatable bonds is 8. The first-order valence-electron chi connectivity index (χ1n) is 6.96. The molecule has 0 fully saturated rings. The van der Waals surface area contributed by atoms with E-state index in [9.17, 15) is 4.79 Å². The van der Waals surface area contributed by atoms with E-state index in [1.54, 1.807) is 0 Å². The number of H-pyrrole nitrogens is 1. The van der Waals surface area contributed by atoms with Gasteiger partial charge in [0.2, 0.25) is 0 Å². The van der Waals surface area contributed by atoms with Crippen LogP contribution in [0.15, 0.2) is 0 Å². The van der Waals surface area contributed by atoms with Crippen molar-refractivity contribution in [2.45, 2.75) is 59.3 Å². The Morgan fingerprint density at radius 1 is 1.17 bits per heavy atom. The third-order valence-corrected chi connectivity index (χ3v) is 3.17. The molecule has 1 heterocycles. The monoisotopic (exact) mass is 251 g/mol. The Hall–Kier alpha value is -1.32. The van der Waals surface area contributed by atoms with Crippen LogP contribution in [0.5, 0.6) is 0 Å². The second-order valence-electron chi connectivity index (χ2n) is 4.83.